The summed E-state index contributed by atoms with van der Waals surface area (Å²) in [6.07, 6.45) is 0. The summed E-state index contributed by atoms with van der Waals surface area (Å²) < 4.78 is 0. The number of aromatic nitrogens is 2. The van der Waals surface area contributed by atoms with E-state index in [-0.39, 0.29) is 5.78 Å². The van der Waals surface area contributed by atoms with E-state index in [4.69, 9.17) is 5.26 Å². The van der Waals surface area contributed by atoms with Gasteiger partial charge in [0.15, 0.2) is 0 Å². The van der Waals surface area contributed by atoms with Gasteiger partial charge in [-0.15, -0.1) is 0 Å². The molecule has 0 aliphatic rings. The molecule has 5 heteroatoms. The van der Waals surface area contributed by atoms with Crippen molar-refractivity contribution >= 4 is 28.2 Å². The van der Waals surface area contributed by atoms with Gasteiger partial charge in [-0.1, -0.05) is 42.5 Å². The summed E-state index contributed by atoms with van der Waals surface area (Å²) in [7, 11) is 0. The van der Waals surface area contributed by atoms with Gasteiger partial charge in [0.25, 0.3) is 0 Å². The first-order valence-electron chi connectivity index (χ1n) is 8.79. The van der Waals surface area contributed by atoms with Crippen molar-refractivity contribution in [1.82, 2.24) is 9.97 Å². The lowest BCUT2D eigenvalue weighted by molar-refractivity contribution is 0.103. The quantitative estimate of drug-likeness (QED) is 0.527. The highest BCUT2D eigenvalue weighted by atomic mass is 16.1. The number of anilines is 2. The third kappa shape index (κ3) is 3.44. The number of aryl methyl sites for hydroxylation is 1. The fourth-order valence-corrected chi connectivity index (χ4v) is 3.06. The highest BCUT2D eigenvalue weighted by molar-refractivity contribution is 6.15. The Hall–Kier alpha value is -4.04. The number of hydrogen-bond donors (Lipinski definition) is 1. The van der Waals surface area contributed by atoms with Crippen molar-refractivity contribution in [2.24, 2.45) is 0 Å². The molecule has 4 aromatic rings. The maximum absolute atomic E-state index is 13.1. The van der Waals surface area contributed by atoms with Crippen LogP contribution in [0.3, 0.4) is 0 Å². The average Bonchev–Trinajstić information content (AvgIpc) is 2.73. The molecule has 28 heavy (non-hydrogen) atoms. The monoisotopic (exact) mass is 364 g/mol. The number of nitrogens with one attached hydrogen (secondary N) is 1. The molecule has 1 heterocycles. The van der Waals surface area contributed by atoms with Gasteiger partial charge in [-0.25, -0.2) is 9.97 Å². The first kappa shape index (κ1) is 17.4. The second kappa shape index (κ2) is 7.29. The van der Waals surface area contributed by atoms with Gasteiger partial charge >= 0.3 is 0 Å². The molecule has 134 valence electrons. The predicted molar refractivity (Wildman–Crippen MR) is 109 cm³/mol. The zero-order chi connectivity index (χ0) is 19.5. The second-order valence-corrected chi connectivity index (χ2v) is 6.39. The molecule has 0 spiro atoms. The Morgan fingerprint density at radius 2 is 1.71 bits per heavy atom. The predicted octanol–water partition coefficient (Wildman–Crippen LogP) is 4.78. The zero-order valence-electron chi connectivity index (χ0n) is 15.2. The maximum atomic E-state index is 13.1. The van der Waals surface area contributed by atoms with Crippen LogP contribution in [-0.4, -0.2) is 15.8 Å². The Morgan fingerprint density at radius 1 is 0.964 bits per heavy atom. The largest absolute Gasteiger partial charge is 0.324 e. The van der Waals surface area contributed by atoms with E-state index in [1.165, 1.54) is 0 Å². The van der Waals surface area contributed by atoms with Crippen LogP contribution in [-0.2, 0) is 0 Å². The third-order valence-corrected chi connectivity index (χ3v) is 4.39. The number of fused-ring (bicyclic) bond motifs is 1. The molecule has 0 fully saturated rings. The van der Waals surface area contributed by atoms with E-state index in [2.05, 4.69) is 21.4 Å². The summed E-state index contributed by atoms with van der Waals surface area (Å²) in [6, 6.07) is 24.2. The molecule has 0 atom stereocenters. The zero-order valence-corrected chi connectivity index (χ0v) is 15.2. The van der Waals surface area contributed by atoms with Crippen molar-refractivity contribution in [3.8, 4) is 6.07 Å². The van der Waals surface area contributed by atoms with Crippen molar-refractivity contribution in [3.63, 3.8) is 0 Å². The SMILES string of the molecule is Cc1cc(C(=O)c2cccc3ccccc23)nc(Nc2ccc(C#N)cc2)n1. The number of nitrogens with zero attached hydrogens (tertiary/aromatic N) is 3. The lowest BCUT2D eigenvalue weighted by Crippen LogP contribution is -2.09. The van der Waals surface area contributed by atoms with Crippen LogP contribution in [0.5, 0.6) is 0 Å². The van der Waals surface area contributed by atoms with Crippen molar-refractivity contribution in [3.05, 3.63) is 95.3 Å². The number of rotatable bonds is 4. The number of nitriles is 1. The van der Waals surface area contributed by atoms with E-state index in [9.17, 15) is 4.79 Å². The summed E-state index contributed by atoms with van der Waals surface area (Å²) in [6.45, 7) is 1.82. The van der Waals surface area contributed by atoms with Crippen LogP contribution in [0.25, 0.3) is 10.8 Å². The minimum Gasteiger partial charge on any atom is -0.324 e. The Labute approximate surface area is 162 Å². The summed E-state index contributed by atoms with van der Waals surface area (Å²) in [5, 5.41) is 13.9. The molecular formula is C23H16N4O. The van der Waals surface area contributed by atoms with Crippen LogP contribution in [0, 0.1) is 18.3 Å². The van der Waals surface area contributed by atoms with Crippen LogP contribution in [0.2, 0.25) is 0 Å². The molecule has 0 aliphatic carbocycles. The summed E-state index contributed by atoms with van der Waals surface area (Å²) >= 11 is 0. The Bertz CT molecular complexity index is 1220. The molecule has 1 N–H and O–H groups in total. The van der Waals surface area contributed by atoms with E-state index in [1.54, 1.807) is 30.3 Å². The van der Waals surface area contributed by atoms with Crippen LogP contribution in [0.1, 0.15) is 27.3 Å². The molecule has 0 aliphatic heterocycles. The first-order valence-corrected chi connectivity index (χ1v) is 8.79. The minimum atomic E-state index is -0.148. The van der Waals surface area contributed by atoms with E-state index >= 15 is 0 Å². The molecule has 0 saturated carbocycles. The number of ketones is 1. The van der Waals surface area contributed by atoms with Gasteiger partial charge in [-0.3, -0.25) is 4.79 Å². The average molecular weight is 364 g/mol. The summed E-state index contributed by atoms with van der Waals surface area (Å²) in [5.41, 5.74) is 2.95. The van der Waals surface area contributed by atoms with Gasteiger partial charge in [0, 0.05) is 16.9 Å². The Morgan fingerprint density at radius 3 is 2.50 bits per heavy atom. The fourth-order valence-electron chi connectivity index (χ4n) is 3.06. The molecule has 4 rings (SSSR count). The number of carbonyl (C=O) groups excluding carboxylic acids is 1. The van der Waals surface area contributed by atoms with E-state index < -0.39 is 0 Å². The van der Waals surface area contributed by atoms with Crippen LogP contribution in [0.4, 0.5) is 11.6 Å². The topological polar surface area (TPSA) is 78.7 Å². The van der Waals surface area contributed by atoms with Gasteiger partial charge in [-0.05, 0) is 48.0 Å². The summed E-state index contributed by atoms with van der Waals surface area (Å²) in [4.78, 5) is 21.9. The van der Waals surface area contributed by atoms with Crippen molar-refractivity contribution in [2.45, 2.75) is 6.92 Å². The van der Waals surface area contributed by atoms with Crippen molar-refractivity contribution in [1.29, 1.82) is 5.26 Å². The standard InChI is InChI=1S/C23H16N4O/c1-15-13-21(22(28)20-8-4-6-17-5-2-3-7-19(17)20)27-23(25-15)26-18-11-9-16(14-24)10-12-18/h2-13H,1H3,(H,25,26,27). The van der Waals surface area contributed by atoms with Crippen LogP contribution >= 0.6 is 0 Å². The maximum Gasteiger partial charge on any atom is 0.228 e. The molecular weight excluding hydrogens is 348 g/mol. The normalized spacial score (nSPS) is 10.4. The Kier molecular flexibility index (Phi) is 4.53. The van der Waals surface area contributed by atoms with E-state index in [0.29, 0.717) is 28.5 Å². The Balaban J connectivity index is 1.70. The smallest absolute Gasteiger partial charge is 0.228 e. The molecule has 0 unspecified atom stereocenters. The molecule has 0 bridgehead atoms. The third-order valence-electron chi connectivity index (χ3n) is 4.39. The van der Waals surface area contributed by atoms with Gasteiger partial charge in [0.2, 0.25) is 11.7 Å². The lowest BCUT2D eigenvalue weighted by Gasteiger charge is -2.09. The van der Waals surface area contributed by atoms with E-state index in [0.717, 1.165) is 16.5 Å². The van der Waals surface area contributed by atoms with E-state index in [1.807, 2.05) is 49.4 Å². The highest BCUT2D eigenvalue weighted by Crippen LogP contribution is 2.22. The van der Waals surface area contributed by atoms with Crippen LogP contribution in [0.15, 0.2) is 72.8 Å². The molecule has 1 aromatic heterocycles. The number of benzene rings is 3. The highest BCUT2D eigenvalue weighted by Gasteiger charge is 2.15. The van der Waals surface area contributed by atoms with Gasteiger partial charge in [0.1, 0.15) is 5.69 Å². The lowest BCUT2D eigenvalue weighted by atomic mass is 9.99. The molecule has 0 amide bonds. The van der Waals surface area contributed by atoms with Crippen molar-refractivity contribution in [2.75, 3.05) is 5.32 Å². The van der Waals surface area contributed by atoms with Gasteiger partial charge < -0.3 is 5.32 Å². The minimum absolute atomic E-state index is 0.148. The molecule has 0 saturated heterocycles. The molecule has 3 aromatic carbocycles. The molecule has 0 radical (unpaired) electrons. The first-order chi connectivity index (χ1) is 13.6. The summed E-state index contributed by atoms with van der Waals surface area (Å²) in [5.74, 6) is 0.193. The van der Waals surface area contributed by atoms with Gasteiger partial charge in [0.05, 0.1) is 11.6 Å². The van der Waals surface area contributed by atoms with Crippen LogP contribution < -0.4 is 5.32 Å². The fraction of sp³-hybridized carbons (Fsp3) is 0.0435. The van der Waals surface area contributed by atoms with Gasteiger partial charge in [-0.2, -0.15) is 5.26 Å². The van der Waals surface area contributed by atoms with Crippen molar-refractivity contribution < 1.29 is 4.79 Å². The second-order valence-electron chi connectivity index (χ2n) is 6.39. The number of carbonyl (C=O) groups is 1. The molecule has 5 nitrogen and oxygen atoms in total. The number of hydrogen-bond acceptors (Lipinski definition) is 5.